The van der Waals surface area contributed by atoms with Crippen LogP contribution in [0.25, 0.3) is 0 Å². The molecule has 1 saturated carbocycles. The molecule has 0 aliphatic heterocycles. The summed E-state index contributed by atoms with van der Waals surface area (Å²) in [6, 6.07) is -0.767. The first kappa shape index (κ1) is 15.8. The Hall–Kier alpha value is -1.30. The van der Waals surface area contributed by atoms with Crippen LogP contribution in [0.4, 0.5) is 4.79 Å². The van der Waals surface area contributed by atoms with Crippen molar-refractivity contribution in [1.82, 2.24) is 5.32 Å². The van der Waals surface area contributed by atoms with Gasteiger partial charge in [0.2, 0.25) is 0 Å². The Kier molecular flexibility index (Phi) is 5.17. The number of hydrogen-bond donors (Lipinski definition) is 2. The van der Waals surface area contributed by atoms with Crippen LogP contribution in [0, 0.1) is 5.92 Å². The maximum atomic E-state index is 11.7. The number of aliphatic hydroxyl groups excluding tert-OH is 1. The van der Waals surface area contributed by atoms with E-state index in [1.807, 2.05) is 0 Å². The highest BCUT2D eigenvalue weighted by molar-refractivity contribution is 5.81. The summed E-state index contributed by atoms with van der Waals surface area (Å²) in [6.07, 6.45) is 0.724. The lowest BCUT2D eigenvalue weighted by molar-refractivity contribution is -0.144. The van der Waals surface area contributed by atoms with Crippen LogP contribution in [-0.2, 0) is 14.3 Å². The Morgan fingerprint density at radius 2 is 1.95 bits per heavy atom. The first-order valence-electron chi connectivity index (χ1n) is 6.48. The Labute approximate surface area is 113 Å². The Balaban J connectivity index is 2.65. The van der Waals surface area contributed by atoms with Gasteiger partial charge in [-0.3, -0.25) is 0 Å². The molecule has 0 aromatic rings. The van der Waals surface area contributed by atoms with Crippen molar-refractivity contribution in [2.24, 2.45) is 5.92 Å². The van der Waals surface area contributed by atoms with Crippen LogP contribution >= 0.6 is 0 Å². The van der Waals surface area contributed by atoms with Crippen molar-refractivity contribution in [3.8, 4) is 0 Å². The van der Waals surface area contributed by atoms with Crippen LogP contribution in [0.2, 0.25) is 0 Å². The molecule has 0 radical (unpaired) electrons. The number of aliphatic hydroxyl groups is 1. The van der Waals surface area contributed by atoms with Crippen molar-refractivity contribution in [1.29, 1.82) is 0 Å². The van der Waals surface area contributed by atoms with E-state index in [9.17, 15) is 14.7 Å². The number of nitrogens with one attached hydrogen (secondary N) is 1. The molecule has 1 amide bonds. The molecule has 19 heavy (non-hydrogen) atoms. The number of carbonyl (C=O) groups is 2. The number of alkyl carbamates (subject to hydrolysis) is 1. The first-order chi connectivity index (χ1) is 8.73. The summed E-state index contributed by atoms with van der Waals surface area (Å²) < 4.78 is 9.83. The molecular weight excluding hydrogens is 250 g/mol. The summed E-state index contributed by atoms with van der Waals surface area (Å²) >= 11 is 0. The predicted octanol–water partition coefficient (Wildman–Crippen LogP) is 1.21. The fourth-order valence-corrected chi connectivity index (χ4v) is 2.23. The maximum absolute atomic E-state index is 11.7. The molecule has 0 spiro atoms. The fraction of sp³-hybridized carbons (Fsp3) is 0.846. The summed E-state index contributed by atoms with van der Waals surface area (Å²) in [5.41, 5.74) is -0.625. The lowest BCUT2D eigenvalue weighted by Gasteiger charge is -2.25. The van der Waals surface area contributed by atoms with Gasteiger partial charge in [-0.05, 0) is 46.0 Å². The van der Waals surface area contributed by atoms with Crippen molar-refractivity contribution >= 4 is 12.1 Å². The maximum Gasteiger partial charge on any atom is 0.408 e. The fourth-order valence-electron chi connectivity index (χ4n) is 2.23. The summed E-state index contributed by atoms with van der Waals surface area (Å²) in [6.45, 7) is 5.25. The van der Waals surface area contributed by atoms with Gasteiger partial charge in [0.05, 0.1) is 13.2 Å². The van der Waals surface area contributed by atoms with E-state index in [4.69, 9.17) is 9.47 Å². The lowest BCUT2D eigenvalue weighted by atomic mass is 9.98. The van der Waals surface area contributed by atoms with Crippen molar-refractivity contribution in [3.63, 3.8) is 0 Å². The first-order valence-corrected chi connectivity index (χ1v) is 6.48. The Morgan fingerprint density at radius 1 is 1.32 bits per heavy atom. The quantitative estimate of drug-likeness (QED) is 0.755. The largest absolute Gasteiger partial charge is 0.467 e. The molecule has 1 rings (SSSR count). The number of ether oxygens (including phenoxy) is 2. The van der Waals surface area contributed by atoms with Crippen LogP contribution in [0.1, 0.15) is 40.0 Å². The minimum atomic E-state index is -0.767. The van der Waals surface area contributed by atoms with Crippen molar-refractivity contribution in [3.05, 3.63) is 0 Å². The van der Waals surface area contributed by atoms with Crippen molar-refractivity contribution in [2.45, 2.75) is 57.8 Å². The normalized spacial score (nSPS) is 24.7. The second-order valence-corrected chi connectivity index (χ2v) is 5.87. The third-order valence-corrected chi connectivity index (χ3v) is 3.04. The molecule has 0 saturated heterocycles. The third kappa shape index (κ3) is 5.06. The van der Waals surface area contributed by atoms with Gasteiger partial charge < -0.3 is 19.9 Å². The smallest absolute Gasteiger partial charge is 0.408 e. The average Bonchev–Trinajstić information content (AvgIpc) is 2.69. The van der Waals surface area contributed by atoms with Gasteiger partial charge >= 0.3 is 12.1 Å². The van der Waals surface area contributed by atoms with Gasteiger partial charge in [0, 0.05) is 0 Å². The van der Waals surface area contributed by atoms with Gasteiger partial charge in [-0.1, -0.05) is 0 Å². The van der Waals surface area contributed by atoms with Crippen LogP contribution < -0.4 is 5.32 Å². The van der Waals surface area contributed by atoms with Crippen molar-refractivity contribution < 1.29 is 24.2 Å². The van der Waals surface area contributed by atoms with Crippen LogP contribution in [0.5, 0.6) is 0 Å². The molecule has 2 N–H and O–H groups in total. The molecule has 0 bridgehead atoms. The van der Waals surface area contributed by atoms with Gasteiger partial charge in [-0.2, -0.15) is 0 Å². The minimum absolute atomic E-state index is 0.116. The van der Waals surface area contributed by atoms with E-state index < -0.39 is 29.8 Å². The SMILES string of the molecule is COC(=O)[C@H](NC(=O)OC(C)(C)C)[C@H]1CC[C@@H](O)C1. The molecule has 0 heterocycles. The van der Waals surface area contributed by atoms with Gasteiger partial charge in [0.1, 0.15) is 11.6 Å². The highest BCUT2D eigenvalue weighted by atomic mass is 16.6. The van der Waals surface area contributed by atoms with E-state index in [1.165, 1.54) is 7.11 Å². The van der Waals surface area contributed by atoms with Gasteiger partial charge in [0.15, 0.2) is 0 Å². The number of amides is 1. The molecule has 3 atom stereocenters. The summed E-state index contributed by atoms with van der Waals surface area (Å²) in [5, 5.41) is 12.1. The van der Waals surface area contributed by atoms with Gasteiger partial charge in [-0.15, -0.1) is 0 Å². The molecule has 0 aromatic heterocycles. The summed E-state index contributed by atoms with van der Waals surface area (Å²) in [7, 11) is 1.28. The number of methoxy groups -OCH3 is 1. The highest BCUT2D eigenvalue weighted by Gasteiger charge is 2.36. The molecule has 1 fully saturated rings. The number of esters is 1. The molecule has 1 aliphatic rings. The molecular formula is C13H23NO5. The average molecular weight is 273 g/mol. The van der Waals surface area contributed by atoms with E-state index in [2.05, 4.69) is 5.32 Å². The minimum Gasteiger partial charge on any atom is -0.467 e. The molecule has 6 heteroatoms. The Morgan fingerprint density at radius 3 is 2.37 bits per heavy atom. The topological polar surface area (TPSA) is 84.9 Å². The van der Waals surface area contributed by atoms with Gasteiger partial charge in [0.25, 0.3) is 0 Å². The van der Waals surface area contributed by atoms with E-state index in [0.29, 0.717) is 19.3 Å². The molecule has 110 valence electrons. The van der Waals surface area contributed by atoms with Crippen molar-refractivity contribution in [2.75, 3.05) is 7.11 Å². The van der Waals surface area contributed by atoms with Gasteiger partial charge in [-0.25, -0.2) is 9.59 Å². The lowest BCUT2D eigenvalue weighted by Crippen LogP contribution is -2.47. The van der Waals surface area contributed by atoms with Crippen LogP contribution in [-0.4, -0.2) is 42.0 Å². The van der Waals surface area contributed by atoms with E-state index >= 15 is 0 Å². The zero-order chi connectivity index (χ0) is 14.6. The summed E-state index contributed by atoms with van der Waals surface area (Å²) in [5.74, 6) is -0.625. The number of rotatable bonds is 3. The van der Waals surface area contributed by atoms with E-state index in [-0.39, 0.29) is 5.92 Å². The molecule has 0 aromatic carbocycles. The highest BCUT2D eigenvalue weighted by Crippen LogP contribution is 2.29. The van der Waals surface area contributed by atoms with E-state index in [0.717, 1.165) is 0 Å². The molecule has 6 nitrogen and oxygen atoms in total. The monoisotopic (exact) mass is 273 g/mol. The third-order valence-electron chi connectivity index (χ3n) is 3.04. The zero-order valence-electron chi connectivity index (χ0n) is 11.9. The van der Waals surface area contributed by atoms with E-state index in [1.54, 1.807) is 20.8 Å². The predicted molar refractivity (Wildman–Crippen MR) is 68.5 cm³/mol. The van der Waals surface area contributed by atoms with Crippen LogP contribution in [0.3, 0.4) is 0 Å². The zero-order valence-corrected chi connectivity index (χ0v) is 11.9. The standard InChI is InChI=1S/C13H23NO5/c1-13(2,3)19-12(17)14-10(11(16)18-4)8-5-6-9(15)7-8/h8-10,15H,5-7H2,1-4H3,(H,14,17)/t8-,9+,10+/m0/s1. The van der Waals surface area contributed by atoms with Crippen LogP contribution in [0.15, 0.2) is 0 Å². The molecule has 1 aliphatic carbocycles. The Bertz CT molecular complexity index is 336. The second kappa shape index (κ2) is 6.23. The summed E-state index contributed by atoms with van der Waals surface area (Å²) in [4.78, 5) is 23.5. The second-order valence-electron chi connectivity index (χ2n) is 5.87. The number of carbonyl (C=O) groups excluding carboxylic acids is 2. The number of hydrogen-bond acceptors (Lipinski definition) is 5. The molecule has 0 unspecified atom stereocenters.